The lowest BCUT2D eigenvalue weighted by atomic mass is 9.93. The second kappa shape index (κ2) is 19.8. The fourth-order valence-corrected chi connectivity index (χ4v) is 6.10. The molecular weight excluding hydrogens is 628 g/mol. The number of rotatable bonds is 20. The van der Waals surface area contributed by atoms with Crippen LogP contribution in [0.25, 0.3) is 0 Å². The Labute approximate surface area is 299 Å². The van der Waals surface area contributed by atoms with E-state index in [0.29, 0.717) is 43.7 Å². The zero-order valence-electron chi connectivity index (χ0n) is 31.1. The van der Waals surface area contributed by atoms with E-state index in [-0.39, 0.29) is 23.9 Å². The van der Waals surface area contributed by atoms with E-state index in [1.165, 1.54) is 0 Å². The summed E-state index contributed by atoms with van der Waals surface area (Å²) in [7, 11) is 1.63. The minimum Gasteiger partial charge on any atom is -0.497 e. The molecule has 3 aromatic rings. The standard InChI is InChI=1S/C41H58N4O5/c1-8-20-44(21-9-2)39(48)32-25-31(26-33(27-32)40(49)45(22-10-3)23-11-4)38(47)43-36(24-30-16-13-12-14-17-30)37(46)29-42-41(5,6)34-18-15-19-35(28-34)50-7/h12-19,25-28,36-37,42,46H,8-11,20-24,29H2,1-7H3,(H,43,47)/t36-,37+/m0/s1. The van der Waals surface area contributed by atoms with E-state index in [1.807, 2.05) is 96.1 Å². The molecular formula is C41H58N4O5. The Morgan fingerprint density at radius 2 is 1.26 bits per heavy atom. The van der Waals surface area contributed by atoms with Gasteiger partial charge in [0, 0.05) is 55.0 Å². The maximum Gasteiger partial charge on any atom is 0.253 e. The van der Waals surface area contributed by atoms with Gasteiger partial charge < -0.3 is 30.3 Å². The van der Waals surface area contributed by atoms with Gasteiger partial charge >= 0.3 is 0 Å². The summed E-state index contributed by atoms with van der Waals surface area (Å²) in [5, 5.41) is 18.2. The second-order valence-corrected chi connectivity index (χ2v) is 13.5. The van der Waals surface area contributed by atoms with Crippen LogP contribution in [0.4, 0.5) is 0 Å². The molecule has 3 aromatic carbocycles. The molecule has 3 rings (SSSR count). The zero-order chi connectivity index (χ0) is 36.7. The number of nitrogens with one attached hydrogen (secondary N) is 2. The topological polar surface area (TPSA) is 111 Å². The molecule has 50 heavy (non-hydrogen) atoms. The first-order valence-corrected chi connectivity index (χ1v) is 18.1. The van der Waals surface area contributed by atoms with Crippen LogP contribution in [0.5, 0.6) is 5.75 Å². The molecule has 0 saturated heterocycles. The van der Waals surface area contributed by atoms with E-state index in [0.717, 1.165) is 42.6 Å². The molecule has 9 heteroatoms. The summed E-state index contributed by atoms with van der Waals surface area (Å²) in [5.74, 6) is -0.138. The molecule has 0 aliphatic heterocycles. The van der Waals surface area contributed by atoms with Crippen LogP contribution in [-0.4, -0.2) is 84.6 Å². The largest absolute Gasteiger partial charge is 0.497 e. The van der Waals surface area contributed by atoms with Crippen LogP contribution >= 0.6 is 0 Å². The molecule has 0 unspecified atom stereocenters. The molecule has 272 valence electrons. The van der Waals surface area contributed by atoms with E-state index in [1.54, 1.807) is 35.1 Å². The van der Waals surface area contributed by atoms with Crippen molar-refractivity contribution in [2.24, 2.45) is 0 Å². The predicted octanol–water partition coefficient (Wildman–Crippen LogP) is 6.45. The van der Waals surface area contributed by atoms with E-state index in [4.69, 9.17) is 4.74 Å². The van der Waals surface area contributed by atoms with Gasteiger partial charge in [-0.3, -0.25) is 14.4 Å². The Morgan fingerprint density at radius 3 is 1.76 bits per heavy atom. The lowest BCUT2D eigenvalue weighted by Crippen LogP contribution is -2.51. The van der Waals surface area contributed by atoms with Gasteiger partial charge in [0.25, 0.3) is 17.7 Å². The number of hydrogen-bond acceptors (Lipinski definition) is 6. The van der Waals surface area contributed by atoms with Crippen molar-refractivity contribution in [2.45, 2.75) is 91.3 Å². The zero-order valence-corrected chi connectivity index (χ0v) is 31.1. The van der Waals surface area contributed by atoms with Crippen LogP contribution in [0.15, 0.2) is 72.8 Å². The van der Waals surface area contributed by atoms with Gasteiger partial charge in [-0.25, -0.2) is 0 Å². The number of hydrogen-bond donors (Lipinski definition) is 3. The average Bonchev–Trinajstić information content (AvgIpc) is 3.13. The van der Waals surface area contributed by atoms with Gasteiger partial charge in [-0.1, -0.05) is 70.2 Å². The number of aliphatic hydroxyl groups excluding tert-OH is 1. The highest BCUT2D eigenvalue weighted by molar-refractivity contribution is 6.04. The van der Waals surface area contributed by atoms with Crippen molar-refractivity contribution in [3.8, 4) is 5.75 Å². The molecule has 2 atom stereocenters. The minimum atomic E-state index is -0.968. The number of methoxy groups -OCH3 is 1. The first-order chi connectivity index (χ1) is 24.0. The molecule has 3 amide bonds. The highest BCUT2D eigenvalue weighted by atomic mass is 16.5. The van der Waals surface area contributed by atoms with Crippen molar-refractivity contribution < 1.29 is 24.2 Å². The van der Waals surface area contributed by atoms with Crippen LogP contribution in [0.2, 0.25) is 0 Å². The summed E-state index contributed by atoms with van der Waals surface area (Å²) >= 11 is 0. The molecule has 0 bridgehead atoms. The van der Waals surface area contributed by atoms with Crippen molar-refractivity contribution in [3.05, 3.63) is 101 Å². The van der Waals surface area contributed by atoms with Crippen molar-refractivity contribution in [2.75, 3.05) is 39.8 Å². The smallest absolute Gasteiger partial charge is 0.253 e. The molecule has 0 aromatic heterocycles. The molecule has 0 aliphatic rings. The van der Waals surface area contributed by atoms with Crippen LogP contribution in [0.1, 0.15) is 109 Å². The van der Waals surface area contributed by atoms with Gasteiger partial charge in [-0.05, 0) is 87.4 Å². The van der Waals surface area contributed by atoms with Crippen molar-refractivity contribution in [1.82, 2.24) is 20.4 Å². The third-order valence-corrected chi connectivity index (χ3v) is 8.86. The number of nitrogens with zero attached hydrogens (tertiary/aromatic N) is 2. The van der Waals surface area contributed by atoms with Crippen molar-refractivity contribution in [1.29, 1.82) is 0 Å². The fraction of sp³-hybridized carbons (Fsp3) is 0.488. The fourth-order valence-electron chi connectivity index (χ4n) is 6.10. The summed E-state index contributed by atoms with van der Waals surface area (Å²) in [4.78, 5) is 45.3. The summed E-state index contributed by atoms with van der Waals surface area (Å²) in [6.45, 7) is 14.6. The quantitative estimate of drug-likeness (QED) is 0.126. The molecule has 0 heterocycles. The number of carbonyl (C=O) groups excluding carboxylic acids is 3. The van der Waals surface area contributed by atoms with E-state index in [9.17, 15) is 19.5 Å². The maximum absolute atomic E-state index is 14.1. The number of amides is 3. The van der Waals surface area contributed by atoms with Gasteiger partial charge in [0.05, 0.1) is 19.3 Å². The normalized spacial score (nSPS) is 12.6. The Balaban J connectivity index is 1.98. The van der Waals surface area contributed by atoms with Gasteiger partial charge in [0.2, 0.25) is 0 Å². The molecule has 0 spiro atoms. The summed E-state index contributed by atoms with van der Waals surface area (Å²) < 4.78 is 5.41. The molecule has 3 N–H and O–H groups in total. The highest BCUT2D eigenvalue weighted by Gasteiger charge is 2.28. The van der Waals surface area contributed by atoms with E-state index < -0.39 is 23.6 Å². The Kier molecular flexibility index (Phi) is 16.0. The lowest BCUT2D eigenvalue weighted by molar-refractivity contribution is 0.0753. The average molecular weight is 687 g/mol. The van der Waals surface area contributed by atoms with E-state index in [2.05, 4.69) is 10.6 Å². The predicted molar refractivity (Wildman–Crippen MR) is 201 cm³/mol. The maximum atomic E-state index is 14.1. The number of benzene rings is 3. The Bertz CT molecular complexity index is 1470. The minimum absolute atomic E-state index is 0.191. The molecule has 0 radical (unpaired) electrons. The van der Waals surface area contributed by atoms with Crippen LogP contribution < -0.4 is 15.4 Å². The summed E-state index contributed by atoms with van der Waals surface area (Å²) in [6, 6.07) is 21.6. The molecule has 0 fully saturated rings. The third kappa shape index (κ3) is 11.4. The van der Waals surface area contributed by atoms with E-state index >= 15 is 0 Å². The third-order valence-electron chi connectivity index (χ3n) is 8.86. The lowest BCUT2D eigenvalue weighted by Gasteiger charge is -2.31. The molecule has 0 aliphatic carbocycles. The van der Waals surface area contributed by atoms with Gasteiger partial charge in [-0.2, -0.15) is 0 Å². The molecule has 0 saturated carbocycles. The van der Waals surface area contributed by atoms with Crippen LogP contribution in [-0.2, 0) is 12.0 Å². The number of ether oxygens (including phenoxy) is 1. The number of carbonyl (C=O) groups is 3. The van der Waals surface area contributed by atoms with Gasteiger partial charge in [0.15, 0.2) is 0 Å². The molecule has 9 nitrogen and oxygen atoms in total. The van der Waals surface area contributed by atoms with Crippen molar-refractivity contribution >= 4 is 17.7 Å². The van der Waals surface area contributed by atoms with Crippen LogP contribution in [0.3, 0.4) is 0 Å². The van der Waals surface area contributed by atoms with Gasteiger partial charge in [0.1, 0.15) is 5.75 Å². The van der Waals surface area contributed by atoms with Gasteiger partial charge in [-0.15, -0.1) is 0 Å². The highest BCUT2D eigenvalue weighted by Crippen LogP contribution is 2.24. The Morgan fingerprint density at radius 1 is 0.740 bits per heavy atom. The first-order valence-electron chi connectivity index (χ1n) is 18.1. The van der Waals surface area contributed by atoms with Crippen LogP contribution in [0, 0.1) is 0 Å². The Hall–Kier alpha value is -4.21. The monoisotopic (exact) mass is 686 g/mol. The SMILES string of the molecule is CCCN(CCC)C(=O)c1cc(C(=O)N[C@@H](Cc2ccccc2)[C@H](O)CNC(C)(C)c2cccc(OC)c2)cc(C(=O)N(CCC)CCC)c1. The van der Waals surface area contributed by atoms with Crippen molar-refractivity contribution in [3.63, 3.8) is 0 Å². The second-order valence-electron chi connectivity index (χ2n) is 13.5. The first kappa shape index (κ1) is 40.2. The summed E-state index contributed by atoms with van der Waals surface area (Å²) in [6.07, 6.45) is 2.58. The summed E-state index contributed by atoms with van der Waals surface area (Å²) in [5.41, 5.74) is 2.25. The number of aliphatic hydroxyl groups is 1.